The number of sulfonamides is 1. The van der Waals surface area contributed by atoms with Gasteiger partial charge in [-0.15, -0.1) is 4.40 Å². The first-order valence-electron chi connectivity index (χ1n) is 9.38. The highest BCUT2D eigenvalue weighted by Gasteiger charge is 2.37. The number of methoxy groups -OCH3 is 2. The Kier molecular flexibility index (Phi) is 6.40. The van der Waals surface area contributed by atoms with Crippen molar-refractivity contribution in [2.24, 2.45) is 10.3 Å². The predicted molar refractivity (Wildman–Crippen MR) is 105 cm³/mol. The van der Waals surface area contributed by atoms with Gasteiger partial charge in [0.15, 0.2) is 5.84 Å². The van der Waals surface area contributed by atoms with E-state index >= 15 is 0 Å². The number of hydrogen-bond acceptors (Lipinski definition) is 8. The molecular weight excluding hydrogens is 414 g/mol. The lowest BCUT2D eigenvalue weighted by molar-refractivity contribution is -0.154. The summed E-state index contributed by atoms with van der Waals surface area (Å²) < 4.78 is 37.8. The highest BCUT2D eigenvalue weighted by molar-refractivity contribution is 7.90. The van der Waals surface area contributed by atoms with Crippen LogP contribution in [0, 0.1) is 5.92 Å². The Balaban J connectivity index is 1.80. The molecule has 11 heteroatoms. The highest BCUT2D eigenvalue weighted by atomic mass is 32.2. The van der Waals surface area contributed by atoms with Crippen LogP contribution in [0.1, 0.15) is 18.4 Å². The monoisotopic (exact) mass is 437 g/mol. The Bertz CT molecular complexity index is 972. The van der Waals surface area contributed by atoms with Crippen LogP contribution in [0.25, 0.3) is 0 Å². The van der Waals surface area contributed by atoms with E-state index in [1.165, 1.54) is 20.3 Å². The Morgan fingerprint density at radius 1 is 1.13 bits per heavy atom. The SMILES string of the molecule is COC(=O)CN(CC(=O)OC)C(=O)C1CCCN(C2=NS(=O)(=O)c3ccccc32)C1. The molecule has 30 heavy (non-hydrogen) atoms. The molecule has 0 radical (unpaired) electrons. The van der Waals surface area contributed by atoms with Gasteiger partial charge in [-0.1, -0.05) is 12.1 Å². The number of amides is 1. The third-order valence-corrected chi connectivity index (χ3v) is 6.41. The summed E-state index contributed by atoms with van der Waals surface area (Å²) in [7, 11) is -1.38. The summed E-state index contributed by atoms with van der Waals surface area (Å²) >= 11 is 0. The maximum atomic E-state index is 13.1. The lowest BCUT2D eigenvalue weighted by Crippen LogP contribution is -2.49. The van der Waals surface area contributed by atoms with E-state index < -0.39 is 33.8 Å². The quantitative estimate of drug-likeness (QED) is 0.591. The fraction of sp³-hybridized carbons (Fsp3) is 0.474. The van der Waals surface area contributed by atoms with Gasteiger partial charge in [-0.3, -0.25) is 14.4 Å². The number of amidine groups is 1. The summed E-state index contributed by atoms with van der Waals surface area (Å²) in [5.41, 5.74) is 0.506. The number of piperidine rings is 1. The van der Waals surface area contributed by atoms with Gasteiger partial charge in [0.2, 0.25) is 5.91 Å². The zero-order valence-electron chi connectivity index (χ0n) is 16.7. The average molecular weight is 437 g/mol. The number of likely N-dealkylation sites (tertiary alicyclic amines) is 1. The first-order chi connectivity index (χ1) is 14.3. The van der Waals surface area contributed by atoms with Gasteiger partial charge in [0.05, 0.1) is 20.1 Å². The topological polar surface area (TPSA) is 123 Å². The maximum Gasteiger partial charge on any atom is 0.325 e. The number of fused-ring (bicyclic) bond motifs is 1. The molecule has 0 bridgehead atoms. The number of carbonyl (C=O) groups is 3. The van der Waals surface area contributed by atoms with Crippen molar-refractivity contribution in [2.75, 3.05) is 40.4 Å². The molecule has 1 aromatic rings. The number of rotatable bonds is 5. The number of carbonyl (C=O) groups excluding carboxylic acids is 3. The molecule has 1 saturated heterocycles. The van der Waals surface area contributed by atoms with Crippen LogP contribution in [0.3, 0.4) is 0 Å². The first kappa shape index (κ1) is 21.8. The molecule has 1 atom stereocenters. The van der Waals surface area contributed by atoms with Gasteiger partial charge >= 0.3 is 11.9 Å². The van der Waals surface area contributed by atoms with Crippen LogP contribution in [0.4, 0.5) is 0 Å². The minimum absolute atomic E-state index is 0.145. The zero-order valence-corrected chi connectivity index (χ0v) is 17.6. The van der Waals surface area contributed by atoms with E-state index in [-0.39, 0.29) is 24.5 Å². The maximum absolute atomic E-state index is 13.1. The van der Waals surface area contributed by atoms with Crippen molar-refractivity contribution in [3.05, 3.63) is 29.8 Å². The molecule has 0 spiro atoms. The number of hydrogen-bond donors (Lipinski definition) is 0. The molecule has 10 nitrogen and oxygen atoms in total. The van der Waals surface area contributed by atoms with Crippen molar-refractivity contribution in [1.29, 1.82) is 0 Å². The van der Waals surface area contributed by atoms with E-state index in [4.69, 9.17) is 0 Å². The van der Waals surface area contributed by atoms with Crippen molar-refractivity contribution in [2.45, 2.75) is 17.7 Å². The van der Waals surface area contributed by atoms with Gasteiger partial charge in [0, 0.05) is 18.7 Å². The molecule has 1 amide bonds. The molecule has 3 rings (SSSR count). The molecule has 1 fully saturated rings. The van der Waals surface area contributed by atoms with Crippen LogP contribution < -0.4 is 0 Å². The molecule has 1 aromatic carbocycles. The zero-order chi connectivity index (χ0) is 21.9. The number of ether oxygens (including phenoxy) is 2. The standard InChI is InChI=1S/C19H23N3O7S/c1-28-16(23)11-22(12-17(24)29-2)19(25)13-6-5-9-21(10-13)18-14-7-3-4-8-15(14)30(26,27)20-18/h3-4,7-8,13H,5-6,9-12H2,1-2H3. The second-order valence-electron chi connectivity index (χ2n) is 7.02. The van der Waals surface area contributed by atoms with Gasteiger partial charge in [-0.25, -0.2) is 0 Å². The Morgan fingerprint density at radius 2 is 1.77 bits per heavy atom. The van der Waals surface area contributed by atoms with Gasteiger partial charge in [0.1, 0.15) is 18.0 Å². The van der Waals surface area contributed by atoms with Crippen molar-refractivity contribution in [3.8, 4) is 0 Å². The van der Waals surface area contributed by atoms with E-state index in [2.05, 4.69) is 13.9 Å². The minimum atomic E-state index is -3.77. The molecule has 2 heterocycles. The van der Waals surface area contributed by atoms with Gasteiger partial charge in [-0.05, 0) is 25.0 Å². The number of nitrogens with zero attached hydrogens (tertiary/aromatic N) is 3. The van der Waals surface area contributed by atoms with Gasteiger partial charge in [0.25, 0.3) is 10.0 Å². The first-order valence-corrected chi connectivity index (χ1v) is 10.8. The minimum Gasteiger partial charge on any atom is -0.468 e. The molecule has 0 aliphatic carbocycles. The second kappa shape index (κ2) is 8.82. The van der Waals surface area contributed by atoms with E-state index in [0.29, 0.717) is 30.8 Å². The van der Waals surface area contributed by atoms with Crippen LogP contribution in [0.2, 0.25) is 0 Å². The molecule has 0 N–H and O–H groups in total. The number of benzene rings is 1. The van der Waals surface area contributed by atoms with Gasteiger partial charge < -0.3 is 19.3 Å². The van der Waals surface area contributed by atoms with Gasteiger partial charge in [-0.2, -0.15) is 8.42 Å². The van der Waals surface area contributed by atoms with Crippen molar-refractivity contribution in [3.63, 3.8) is 0 Å². The summed E-state index contributed by atoms with van der Waals surface area (Å²) in [5, 5.41) is 0. The highest BCUT2D eigenvalue weighted by Crippen LogP contribution is 2.30. The van der Waals surface area contributed by atoms with Crippen LogP contribution in [-0.2, 0) is 33.9 Å². The van der Waals surface area contributed by atoms with Crippen molar-refractivity contribution >= 4 is 33.7 Å². The normalized spacial score (nSPS) is 19.5. The average Bonchev–Trinajstić information content (AvgIpc) is 3.03. The second-order valence-corrected chi connectivity index (χ2v) is 8.59. The van der Waals surface area contributed by atoms with E-state index in [9.17, 15) is 22.8 Å². The summed E-state index contributed by atoms with van der Waals surface area (Å²) in [6, 6.07) is 6.55. The third kappa shape index (κ3) is 4.45. The summed E-state index contributed by atoms with van der Waals surface area (Å²) in [6.45, 7) is 0.0129. The van der Waals surface area contributed by atoms with Crippen LogP contribution in [-0.4, -0.2) is 82.3 Å². The molecule has 0 aromatic heterocycles. The van der Waals surface area contributed by atoms with E-state index in [1.807, 2.05) is 0 Å². The summed E-state index contributed by atoms with van der Waals surface area (Å²) in [4.78, 5) is 39.5. The van der Waals surface area contributed by atoms with E-state index in [0.717, 1.165) is 4.90 Å². The molecule has 0 saturated carbocycles. The summed E-state index contributed by atoms with van der Waals surface area (Å²) in [6.07, 6.45) is 1.16. The largest absolute Gasteiger partial charge is 0.468 e. The molecule has 1 unspecified atom stereocenters. The molecule has 2 aliphatic heterocycles. The molecule has 162 valence electrons. The van der Waals surface area contributed by atoms with Crippen molar-refractivity contribution in [1.82, 2.24) is 9.80 Å². The van der Waals surface area contributed by atoms with Crippen LogP contribution >= 0.6 is 0 Å². The summed E-state index contributed by atoms with van der Waals surface area (Å²) in [5.74, 6) is -1.92. The third-order valence-electron chi connectivity index (χ3n) is 5.09. The molecular formula is C19H23N3O7S. The number of esters is 2. The lowest BCUT2D eigenvalue weighted by atomic mass is 9.95. The van der Waals surface area contributed by atoms with Crippen LogP contribution in [0.15, 0.2) is 33.6 Å². The lowest BCUT2D eigenvalue weighted by Gasteiger charge is -2.35. The van der Waals surface area contributed by atoms with Crippen LogP contribution in [0.5, 0.6) is 0 Å². The van der Waals surface area contributed by atoms with E-state index in [1.54, 1.807) is 23.1 Å². The fourth-order valence-corrected chi connectivity index (χ4v) is 4.83. The van der Waals surface area contributed by atoms with Crippen molar-refractivity contribution < 1.29 is 32.3 Å². The fourth-order valence-electron chi connectivity index (χ4n) is 3.60. The Labute approximate surface area is 174 Å². The smallest absolute Gasteiger partial charge is 0.325 e. The predicted octanol–water partition coefficient (Wildman–Crippen LogP) is 0.0221. The molecule has 2 aliphatic rings. The Morgan fingerprint density at radius 3 is 2.40 bits per heavy atom. The Hall–Kier alpha value is -2.95.